The molecule has 0 aliphatic heterocycles. The maximum absolute atomic E-state index is 12.4. The van der Waals surface area contributed by atoms with Gasteiger partial charge in [-0.1, -0.05) is 13.8 Å². The molecule has 52 heavy (non-hydrogen) atoms. The van der Waals surface area contributed by atoms with E-state index in [1.54, 1.807) is 6.92 Å². The molecule has 0 fully saturated rings. The summed E-state index contributed by atoms with van der Waals surface area (Å²) in [5.74, 6) is -0.427. The van der Waals surface area contributed by atoms with Gasteiger partial charge in [-0.3, -0.25) is 0 Å². The van der Waals surface area contributed by atoms with Gasteiger partial charge in [-0.05, 0) is 45.4 Å². The van der Waals surface area contributed by atoms with Crippen LogP contribution in [0, 0.1) is 5.92 Å². The SMILES string of the molecule is CNC(=O)OCC(O)COC(=O)C[N+](C)(C)CCCCCC[N+](C)(C)CC(=O)OCC(O)COC(=O)NC(C)COC(C)COCCOCC(C)C. The third-order valence-corrected chi connectivity index (χ3v) is 7.45. The van der Waals surface area contributed by atoms with E-state index in [0.717, 1.165) is 38.8 Å². The van der Waals surface area contributed by atoms with Crippen LogP contribution in [0.3, 0.4) is 0 Å². The Morgan fingerprint density at radius 3 is 1.50 bits per heavy atom. The number of aliphatic hydroxyl groups is 2. The number of carbonyl (C=O) groups excluding carboxylic acids is 4. The predicted molar refractivity (Wildman–Crippen MR) is 192 cm³/mol. The number of hydrogen-bond donors (Lipinski definition) is 4. The molecule has 17 heteroatoms. The van der Waals surface area contributed by atoms with E-state index in [-0.39, 0.29) is 58.3 Å². The molecule has 0 aliphatic rings. The number of nitrogens with one attached hydrogen (secondary N) is 2. The maximum atomic E-state index is 12.4. The third-order valence-electron chi connectivity index (χ3n) is 7.45. The number of ether oxygens (including phenoxy) is 7. The van der Waals surface area contributed by atoms with Gasteiger partial charge in [0.1, 0.15) is 38.6 Å². The molecule has 4 N–H and O–H groups in total. The van der Waals surface area contributed by atoms with Crippen molar-refractivity contribution in [1.29, 1.82) is 0 Å². The molecule has 0 saturated carbocycles. The highest BCUT2D eigenvalue weighted by Gasteiger charge is 2.24. The van der Waals surface area contributed by atoms with Crippen molar-refractivity contribution < 1.29 is 71.5 Å². The van der Waals surface area contributed by atoms with Crippen molar-refractivity contribution in [2.45, 2.75) is 77.7 Å². The van der Waals surface area contributed by atoms with Gasteiger partial charge in [0, 0.05) is 13.7 Å². The zero-order chi connectivity index (χ0) is 39.6. The number of aliphatic hydroxyl groups excluding tert-OH is 2. The molecule has 0 radical (unpaired) electrons. The Bertz CT molecular complexity index is 1000. The smallest absolute Gasteiger partial charge is 0.407 e. The van der Waals surface area contributed by atoms with Crippen LogP contribution in [0.2, 0.25) is 0 Å². The van der Waals surface area contributed by atoms with E-state index in [2.05, 4.69) is 24.5 Å². The number of likely N-dealkylation sites (N-methyl/N-ethyl adjacent to an activating group) is 2. The molecular weight excluding hydrogens is 684 g/mol. The van der Waals surface area contributed by atoms with Crippen LogP contribution in [0.1, 0.15) is 53.4 Å². The topological polar surface area (TPSA) is 197 Å². The number of rotatable bonds is 30. The first-order valence-corrected chi connectivity index (χ1v) is 18.2. The lowest BCUT2D eigenvalue weighted by Crippen LogP contribution is -2.46. The van der Waals surface area contributed by atoms with E-state index in [0.29, 0.717) is 41.3 Å². The largest absolute Gasteiger partial charge is 0.459 e. The highest BCUT2D eigenvalue weighted by atomic mass is 16.6. The van der Waals surface area contributed by atoms with Crippen LogP contribution >= 0.6 is 0 Å². The number of esters is 2. The van der Waals surface area contributed by atoms with Crippen LogP contribution in [0.25, 0.3) is 0 Å². The number of alkyl carbamates (subject to hydrolysis) is 2. The third kappa shape index (κ3) is 29.7. The second-order valence-corrected chi connectivity index (χ2v) is 14.9. The molecular formula is C35H70N4O13+2. The van der Waals surface area contributed by atoms with E-state index in [4.69, 9.17) is 33.2 Å². The lowest BCUT2D eigenvalue weighted by Gasteiger charge is -2.29. The minimum atomic E-state index is -1.16. The van der Waals surface area contributed by atoms with Gasteiger partial charge in [0.2, 0.25) is 0 Å². The molecule has 0 aromatic heterocycles. The molecule has 0 aromatic rings. The molecule has 4 unspecified atom stereocenters. The van der Waals surface area contributed by atoms with Gasteiger partial charge >= 0.3 is 24.1 Å². The van der Waals surface area contributed by atoms with Gasteiger partial charge in [0.25, 0.3) is 0 Å². The van der Waals surface area contributed by atoms with Crippen LogP contribution in [-0.2, 0) is 42.7 Å². The Morgan fingerprint density at radius 2 is 1.04 bits per heavy atom. The summed E-state index contributed by atoms with van der Waals surface area (Å²) < 4.78 is 37.7. The summed E-state index contributed by atoms with van der Waals surface area (Å²) in [6.45, 7) is 10.8. The minimum absolute atomic E-state index is 0.125. The van der Waals surface area contributed by atoms with E-state index in [1.807, 2.05) is 35.1 Å². The molecule has 0 rings (SSSR count). The molecule has 0 spiro atoms. The Kier molecular flexibility index (Phi) is 26.3. The number of carbonyl (C=O) groups is 4. The summed E-state index contributed by atoms with van der Waals surface area (Å²) in [4.78, 5) is 47.8. The van der Waals surface area contributed by atoms with Crippen molar-refractivity contribution in [3.05, 3.63) is 0 Å². The van der Waals surface area contributed by atoms with E-state index < -0.39 is 36.3 Å². The van der Waals surface area contributed by atoms with Gasteiger partial charge in [-0.15, -0.1) is 0 Å². The first-order chi connectivity index (χ1) is 24.3. The molecule has 4 atom stereocenters. The molecule has 0 saturated heterocycles. The number of hydrogen-bond acceptors (Lipinski definition) is 13. The monoisotopic (exact) mass is 754 g/mol. The zero-order valence-corrected chi connectivity index (χ0v) is 33.2. The fourth-order valence-electron chi connectivity index (χ4n) is 4.60. The molecule has 0 heterocycles. The zero-order valence-electron chi connectivity index (χ0n) is 33.2. The first-order valence-electron chi connectivity index (χ1n) is 18.2. The molecule has 0 bridgehead atoms. The van der Waals surface area contributed by atoms with Gasteiger partial charge in [0.05, 0.1) is 79.9 Å². The summed E-state index contributed by atoms with van der Waals surface area (Å²) >= 11 is 0. The highest BCUT2D eigenvalue weighted by Crippen LogP contribution is 2.09. The molecule has 0 aliphatic carbocycles. The number of nitrogens with zero attached hydrogens (tertiary/aromatic N) is 2. The minimum Gasteiger partial charge on any atom is -0.459 e. The van der Waals surface area contributed by atoms with Crippen LogP contribution < -0.4 is 10.6 Å². The predicted octanol–water partition coefficient (Wildman–Crippen LogP) is 1.07. The van der Waals surface area contributed by atoms with Crippen molar-refractivity contribution in [3.63, 3.8) is 0 Å². The van der Waals surface area contributed by atoms with Gasteiger partial charge < -0.3 is 63.0 Å². The van der Waals surface area contributed by atoms with E-state index in [9.17, 15) is 29.4 Å². The van der Waals surface area contributed by atoms with E-state index >= 15 is 0 Å². The Labute approximate surface area is 310 Å². The normalized spacial score (nSPS) is 14.2. The number of unbranched alkanes of at least 4 members (excludes halogenated alkanes) is 3. The second-order valence-electron chi connectivity index (χ2n) is 14.9. The van der Waals surface area contributed by atoms with Crippen molar-refractivity contribution in [1.82, 2.24) is 10.6 Å². The quantitative estimate of drug-likeness (QED) is 0.0352. The van der Waals surface area contributed by atoms with E-state index in [1.165, 1.54) is 7.05 Å². The van der Waals surface area contributed by atoms with Gasteiger partial charge in [-0.25, -0.2) is 19.2 Å². The summed E-state index contributed by atoms with van der Waals surface area (Å²) in [5, 5.41) is 24.8. The summed E-state index contributed by atoms with van der Waals surface area (Å²) in [6, 6.07) is -0.335. The second kappa shape index (κ2) is 27.8. The fraction of sp³-hybridized carbons (Fsp3) is 0.886. The van der Waals surface area contributed by atoms with Crippen molar-refractivity contribution in [2.24, 2.45) is 5.92 Å². The number of quaternary nitrogens is 2. The Balaban J connectivity index is 4.07. The van der Waals surface area contributed by atoms with Crippen LogP contribution in [0.5, 0.6) is 0 Å². The van der Waals surface area contributed by atoms with Crippen molar-refractivity contribution in [2.75, 3.05) is 121 Å². The lowest BCUT2D eigenvalue weighted by atomic mass is 10.1. The van der Waals surface area contributed by atoms with Crippen molar-refractivity contribution in [3.8, 4) is 0 Å². The Morgan fingerprint density at radius 1 is 0.596 bits per heavy atom. The van der Waals surface area contributed by atoms with Gasteiger partial charge in [-0.2, -0.15) is 0 Å². The average molecular weight is 755 g/mol. The lowest BCUT2D eigenvalue weighted by molar-refractivity contribution is -0.884. The van der Waals surface area contributed by atoms with Crippen molar-refractivity contribution >= 4 is 24.1 Å². The number of amides is 2. The highest BCUT2D eigenvalue weighted by molar-refractivity contribution is 5.71. The van der Waals surface area contributed by atoms with Crippen LogP contribution in [-0.4, -0.2) is 189 Å². The molecule has 306 valence electrons. The fourth-order valence-corrected chi connectivity index (χ4v) is 4.60. The first kappa shape index (κ1) is 49.2. The van der Waals surface area contributed by atoms with Crippen LogP contribution in [0.15, 0.2) is 0 Å². The summed E-state index contributed by atoms with van der Waals surface area (Å²) in [5.41, 5.74) is 0. The Hall–Kier alpha value is -2.80. The van der Waals surface area contributed by atoms with Crippen LogP contribution in [0.4, 0.5) is 9.59 Å². The van der Waals surface area contributed by atoms with Gasteiger partial charge in [0.15, 0.2) is 13.1 Å². The summed E-state index contributed by atoms with van der Waals surface area (Å²) in [7, 11) is 9.13. The molecule has 17 nitrogen and oxygen atoms in total. The molecule has 2 amide bonds. The standard InChI is InChI=1S/C35H68N4O13/c1-27(2)20-46-16-17-47-22-29(4)48-21-28(3)37-35(45)52-26-31(41)24-50-33(43)19-39(8,9)15-13-11-10-12-14-38(6,7)18-32(42)49-23-30(40)25-51-34(44)36-5/h27-31,40-41H,10-26H2,1-9H3/p+2. The average Bonchev–Trinajstić information content (AvgIpc) is 3.05. The summed E-state index contributed by atoms with van der Waals surface area (Å²) in [6.07, 6.45) is -0.130. The molecule has 0 aromatic carbocycles. The maximum Gasteiger partial charge on any atom is 0.407 e.